The molecule has 0 aliphatic carbocycles. The Labute approximate surface area is 88.8 Å². The lowest BCUT2D eigenvalue weighted by atomic mass is 10.2. The summed E-state index contributed by atoms with van der Waals surface area (Å²) in [5.74, 6) is 0. The van der Waals surface area contributed by atoms with Gasteiger partial charge in [0, 0.05) is 19.7 Å². The molecular weight excluding hydrogens is 176 g/mol. The molecule has 0 saturated carbocycles. The molecule has 1 unspecified atom stereocenters. The second kappa shape index (κ2) is 9.44. The summed E-state index contributed by atoms with van der Waals surface area (Å²) in [6, 6.07) is 0.469. The number of rotatable bonds is 9. The minimum Gasteiger partial charge on any atom is -0.383 e. The van der Waals surface area contributed by atoms with Gasteiger partial charge in [-0.2, -0.15) is 0 Å². The molecule has 0 aliphatic heterocycles. The van der Waals surface area contributed by atoms with E-state index in [2.05, 4.69) is 31.1 Å². The summed E-state index contributed by atoms with van der Waals surface area (Å²) < 4.78 is 5.19. The fourth-order valence-electron chi connectivity index (χ4n) is 1.58. The maximum absolute atomic E-state index is 5.19. The molecule has 1 N–H and O–H groups in total. The van der Waals surface area contributed by atoms with Crippen LogP contribution in [0.15, 0.2) is 0 Å². The Hall–Kier alpha value is -0.120. The molecule has 0 aromatic carbocycles. The third-order valence-electron chi connectivity index (χ3n) is 2.19. The smallest absolute Gasteiger partial charge is 0.0628 e. The van der Waals surface area contributed by atoms with E-state index in [1.54, 1.807) is 7.11 Å². The van der Waals surface area contributed by atoms with Crippen LogP contribution in [0.3, 0.4) is 0 Å². The molecule has 0 spiro atoms. The van der Waals surface area contributed by atoms with Crippen molar-refractivity contribution in [3.63, 3.8) is 0 Å². The molecule has 0 aromatic heterocycles. The molecule has 0 aliphatic rings. The van der Waals surface area contributed by atoms with E-state index in [0.29, 0.717) is 6.04 Å². The molecule has 0 aromatic rings. The van der Waals surface area contributed by atoms with Crippen LogP contribution in [0.1, 0.15) is 26.7 Å². The van der Waals surface area contributed by atoms with E-state index in [1.807, 2.05) is 0 Å². The van der Waals surface area contributed by atoms with Gasteiger partial charge in [-0.25, -0.2) is 0 Å². The quantitative estimate of drug-likeness (QED) is 0.611. The van der Waals surface area contributed by atoms with Crippen LogP contribution >= 0.6 is 0 Å². The van der Waals surface area contributed by atoms with Gasteiger partial charge in [-0.3, -0.25) is 0 Å². The van der Waals surface area contributed by atoms with Crippen LogP contribution in [0, 0.1) is 0 Å². The highest BCUT2D eigenvalue weighted by Crippen LogP contribution is 1.93. The standard InChI is InChI=1S/C11H26N2O/c1-5-7-12-11(10-14-4)9-13(3)8-6-2/h11-12H,5-10H2,1-4H3. The molecule has 0 radical (unpaired) electrons. The van der Waals surface area contributed by atoms with Crippen molar-refractivity contribution in [3.8, 4) is 0 Å². The van der Waals surface area contributed by atoms with Crippen LogP contribution < -0.4 is 5.32 Å². The normalized spacial score (nSPS) is 13.5. The van der Waals surface area contributed by atoms with Crippen molar-refractivity contribution in [2.24, 2.45) is 0 Å². The van der Waals surface area contributed by atoms with E-state index in [4.69, 9.17) is 4.74 Å². The Morgan fingerprint density at radius 3 is 2.50 bits per heavy atom. The average molecular weight is 202 g/mol. The number of hydrogen-bond acceptors (Lipinski definition) is 3. The Bertz CT molecular complexity index is 120. The molecule has 0 saturated heterocycles. The molecule has 0 rings (SSSR count). The summed E-state index contributed by atoms with van der Waals surface area (Å²) in [5, 5.41) is 3.49. The first kappa shape index (κ1) is 13.9. The fourth-order valence-corrected chi connectivity index (χ4v) is 1.58. The van der Waals surface area contributed by atoms with Crippen molar-refractivity contribution in [1.29, 1.82) is 0 Å². The third-order valence-corrected chi connectivity index (χ3v) is 2.19. The highest BCUT2D eigenvalue weighted by atomic mass is 16.5. The van der Waals surface area contributed by atoms with Gasteiger partial charge in [0.15, 0.2) is 0 Å². The number of methoxy groups -OCH3 is 1. The molecule has 3 heteroatoms. The number of likely N-dealkylation sites (N-methyl/N-ethyl adjacent to an activating group) is 1. The van der Waals surface area contributed by atoms with Crippen LogP contribution in [0.4, 0.5) is 0 Å². The summed E-state index contributed by atoms with van der Waals surface area (Å²) in [4.78, 5) is 2.35. The maximum Gasteiger partial charge on any atom is 0.0628 e. The minimum atomic E-state index is 0.469. The van der Waals surface area contributed by atoms with Gasteiger partial charge in [0.2, 0.25) is 0 Å². The van der Waals surface area contributed by atoms with E-state index in [-0.39, 0.29) is 0 Å². The largest absolute Gasteiger partial charge is 0.383 e. The van der Waals surface area contributed by atoms with Crippen LogP contribution in [-0.4, -0.2) is 51.3 Å². The van der Waals surface area contributed by atoms with Gasteiger partial charge in [0.25, 0.3) is 0 Å². The van der Waals surface area contributed by atoms with Crippen LogP contribution in [0.25, 0.3) is 0 Å². The zero-order valence-electron chi connectivity index (χ0n) is 10.2. The van der Waals surface area contributed by atoms with Gasteiger partial charge in [0.05, 0.1) is 6.61 Å². The van der Waals surface area contributed by atoms with Crippen LogP contribution in [0.2, 0.25) is 0 Å². The first-order chi connectivity index (χ1) is 6.74. The topological polar surface area (TPSA) is 24.5 Å². The zero-order valence-corrected chi connectivity index (χ0v) is 10.2. The van der Waals surface area contributed by atoms with Crippen molar-refractivity contribution >= 4 is 0 Å². The molecule has 14 heavy (non-hydrogen) atoms. The Kier molecular flexibility index (Phi) is 9.35. The summed E-state index contributed by atoms with van der Waals surface area (Å²) in [6.07, 6.45) is 2.39. The average Bonchev–Trinajstić information content (AvgIpc) is 2.15. The molecule has 0 amide bonds. The van der Waals surface area contributed by atoms with Gasteiger partial charge in [-0.1, -0.05) is 13.8 Å². The number of nitrogens with zero attached hydrogens (tertiary/aromatic N) is 1. The van der Waals surface area contributed by atoms with Gasteiger partial charge >= 0.3 is 0 Å². The first-order valence-electron chi connectivity index (χ1n) is 5.65. The second-order valence-corrected chi connectivity index (χ2v) is 3.87. The third kappa shape index (κ3) is 7.30. The van der Waals surface area contributed by atoms with E-state index < -0.39 is 0 Å². The van der Waals surface area contributed by atoms with Crippen molar-refractivity contribution < 1.29 is 4.74 Å². The van der Waals surface area contributed by atoms with Gasteiger partial charge in [0.1, 0.15) is 0 Å². The number of nitrogens with one attached hydrogen (secondary N) is 1. The zero-order chi connectivity index (χ0) is 10.8. The van der Waals surface area contributed by atoms with Crippen LogP contribution in [0.5, 0.6) is 0 Å². The predicted octanol–water partition coefficient (Wildman–Crippen LogP) is 1.34. The van der Waals surface area contributed by atoms with Crippen molar-refractivity contribution in [1.82, 2.24) is 10.2 Å². The minimum absolute atomic E-state index is 0.469. The molecule has 0 bridgehead atoms. The Balaban J connectivity index is 3.69. The second-order valence-electron chi connectivity index (χ2n) is 3.87. The van der Waals surface area contributed by atoms with Crippen molar-refractivity contribution in [2.75, 3.05) is 40.4 Å². The number of hydrogen-bond donors (Lipinski definition) is 1. The molecule has 86 valence electrons. The SMILES string of the molecule is CCCNC(COC)CN(C)CCC. The molecule has 1 atom stereocenters. The monoisotopic (exact) mass is 202 g/mol. The van der Waals surface area contributed by atoms with E-state index in [1.165, 1.54) is 12.8 Å². The lowest BCUT2D eigenvalue weighted by Gasteiger charge is -2.24. The maximum atomic E-state index is 5.19. The van der Waals surface area contributed by atoms with E-state index >= 15 is 0 Å². The highest BCUT2D eigenvalue weighted by Gasteiger charge is 2.09. The summed E-state index contributed by atoms with van der Waals surface area (Å²) in [6.45, 7) is 8.51. The summed E-state index contributed by atoms with van der Waals surface area (Å²) >= 11 is 0. The van der Waals surface area contributed by atoms with E-state index in [0.717, 1.165) is 26.2 Å². The van der Waals surface area contributed by atoms with Gasteiger partial charge in [-0.15, -0.1) is 0 Å². The van der Waals surface area contributed by atoms with Crippen molar-refractivity contribution in [3.05, 3.63) is 0 Å². The van der Waals surface area contributed by atoms with Gasteiger partial charge < -0.3 is 15.0 Å². The fraction of sp³-hybridized carbons (Fsp3) is 1.00. The Morgan fingerprint density at radius 1 is 1.29 bits per heavy atom. The summed E-state index contributed by atoms with van der Waals surface area (Å²) in [7, 11) is 3.93. The predicted molar refractivity (Wildman–Crippen MR) is 61.7 cm³/mol. The Morgan fingerprint density at radius 2 is 2.00 bits per heavy atom. The van der Waals surface area contributed by atoms with E-state index in [9.17, 15) is 0 Å². The van der Waals surface area contributed by atoms with Gasteiger partial charge in [-0.05, 0) is 33.0 Å². The molecule has 3 nitrogen and oxygen atoms in total. The van der Waals surface area contributed by atoms with Crippen molar-refractivity contribution in [2.45, 2.75) is 32.7 Å². The molecule has 0 heterocycles. The first-order valence-corrected chi connectivity index (χ1v) is 5.65. The summed E-state index contributed by atoms with van der Waals surface area (Å²) in [5.41, 5.74) is 0. The number of ether oxygens (including phenoxy) is 1. The molecule has 0 fully saturated rings. The lowest BCUT2D eigenvalue weighted by Crippen LogP contribution is -2.43. The molecular formula is C11H26N2O. The van der Waals surface area contributed by atoms with Crippen LogP contribution in [-0.2, 0) is 4.74 Å². The highest BCUT2D eigenvalue weighted by molar-refractivity contribution is 4.69. The lowest BCUT2D eigenvalue weighted by molar-refractivity contribution is 0.145.